The summed E-state index contributed by atoms with van der Waals surface area (Å²) in [6.07, 6.45) is -0.159. The molecule has 5 heteroatoms. The number of hydrogen-bond acceptors (Lipinski definition) is 3. The molecule has 0 unspecified atom stereocenters. The first-order valence-electron chi connectivity index (χ1n) is 5.20. The topological polar surface area (TPSA) is 26.3 Å². The molecule has 0 saturated carbocycles. The molecular formula is C13H10F2O2S. The van der Waals surface area contributed by atoms with Crippen molar-refractivity contribution in [3.63, 3.8) is 0 Å². The molecule has 0 aliphatic heterocycles. The normalized spacial score (nSPS) is 10.4. The van der Waals surface area contributed by atoms with Crippen molar-refractivity contribution < 1.29 is 18.3 Å². The van der Waals surface area contributed by atoms with Gasteiger partial charge in [0.15, 0.2) is 5.78 Å². The van der Waals surface area contributed by atoms with Crippen LogP contribution in [0.1, 0.15) is 15.2 Å². The fourth-order valence-electron chi connectivity index (χ4n) is 1.51. The van der Waals surface area contributed by atoms with Gasteiger partial charge >= 0.3 is 0 Å². The van der Waals surface area contributed by atoms with E-state index in [-0.39, 0.29) is 17.8 Å². The Bertz CT molecular complexity index is 578. The Morgan fingerprint density at radius 3 is 2.78 bits per heavy atom. The van der Waals surface area contributed by atoms with E-state index in [9.17, 15) is 13.6 Å². The van der Waals surface area contributed by atoms with Gasteiger partial charge in [-0.25, -0.2) is 8.78 Å². The van der Waals surface area contributed by atoms with Crippen molar-refractivity contribution in [2.24, 2.45) is 0 Å². The average molecular weight is 268 g/mol. The fraction of sp³-hybridized carbons (Fsp3) is 0.154. The zero-order chi connectivity index (χ0) is 13.1. The van der Waals surface area contributed by atoms with E-state index >= 15 is 0 Å². The van der Waals surface area contributed by atoms with Gasteiger partial charge in [-0.2, -0.15) is 0 Å². The molecule has 1 aromatic heterocycles. The van der Waals surface area contributed by atoms with Gasteiger partial charge in [0, 0.05) is 17.9 Å². The van der Waals surface area contributed by atoms with Crippen LogP contribution in [-0.2, 0) is 6.42 Å². The number of rotatable bonds is 4. The third-order valence-corrected chi connectivity index (χ3v) is 3.39. The van der Waals surface area contributed by atoms with Crippen molar-refractivity contribution >= 4 is 17.1 Å². The van der Waals surface area contributed by atoms with E-state index in [2.05, 4.69) is 0 Å². The molecule has 0 spiro atoms. The molecule has 0 bridgehead atoms. The van der Waals surface area contributed by atoms with Gasteiger partial charge in [0.05, 0.1) is 12.0 Å². The van der Waals surface area contributed by atoms with Crippen molar-refractivity contribution in [1.29, 1.82) is 0 Å². The first-order chi connectivity index (χ1) is 8.60. The highest BCUT2D eigenvalue weighted by Gasteiger charge is 2.13. The van der Waals surface area contributed by atoms with Crippen LogP contribution in [0.25, 0.3) is 0 Å². The number of ketones is 1. The van der Waals surface area contributed by atoms with Crippen LogP contribution < -0.4 is 4.74 Å². The van der Waals surface area contributed by atoms with Crippen LogP contribution in [0, 0.1) is 11.6 Å². The van der Waals surface area contributed by atoms with E-state index in [1.54, 1.807) is 11.4 Å². The van der Waals surface area contributed by atoms with Crippen molar-refractivity contribution in [2.45, 2.75) is 6.42 Å². The smallest absolute Gasteiger partial charge is 0.177 e. The number of hydrogen-bond donors (Lipinski definition) is 0. The lowest BCUT2D eigenvalue weighted by Crippen LogP contribution is -2.03. The monoisotopic (exact) mass is 268 g/mol. The number of carbonyl (C=O) groups is 1. The molecule has 2 rings (SSSR count). The second kappa shape index (κ2) is 5.27. The molecule has 1 aromatic carbocycles. The van der Waals surface area contributed by atoms with Gasteiger partial charge in [0.2, 0.25) is 0 Å². The Labute approximate surface area is 107 Å². The van der Waals surface area contributed by atoms with E-state index in [0.29, 0.717) is 10.6 Å². The van der Waals surface area contributed by atoms with E-state index in [0.717, 1.165) is 18.2 Å². The van der Waals surface area contributed by atoms with Crippen molar-refractivity contribution in [3.05, 3.63) is 51.7 Å². The molecule has 2 nitrogen and oxygen atoms in total. The molecule has 0 atom stereocenters. The zero-order valence-electron chi connectivity index (χ0n) is 9.57. The maximum atomic E-state index is 13.4. The third-order valence-electron chi connectivity index (χ3n) is 2.44. The lowest BCUT2D eigenvalue weighted by molar-refractivity contribution is 0.0995. The molecule has 0 aliphatic rings. The Kier molecular flexibility index (Phi) is 3.72. The predicted octanol–water partition coefficient (Wildman–Crippen LogP) is 3.46. The number of ether oxygens (including phenoxy) is 1. The largest absolute Gasteiger partial charge is 0.496 e. The molecule has 0 N–H and O–H groups in total. The maximum Gasteiger partial charge on any atom is 0.177 e. The third kappa shape index (κ3) is 2.73. The molecule has 0 aliphatic carbocycles. The number of carbonyl (C=O) groups excluding carboxylic acids is 1. The van der Waals surface area contributed by atoms with Gasteiger partial charge in [-0.3, -0.25) is 4.79 Å². The Morgan fingerprint density at radius 1 is 1.33 bits per heavy atom. The van der Waals surface area contributed by atoms with Crippen molar-refractivity contribution in [1.82, 2.24) is 0 Å². The molecule has 0 amide bonds. The van der Waals surface area contributed by atoms with Gasteiger partial charge in [-0.1, -0.05) is 0 Å². The summed E-state index contributed by atoms with van der Waals surface area (Å²) in [6, 6.07) is 4.67. The lowest BCUT2D eigenvalue weighted by atomic mass is 10.1. The van der Waals surface area contributed by atoms with Crippen LogP contribution in [0.3, 0.4) is 0 Å². The molecule has 1 heterocycles. The standard InChI is InChI=1S/C13H10F2O2S/c1-17-10-6-13(18-7-10)12(16)5-8-4-9(14)2-3-11(8)15/h2-4,6-7H,5H2,1H3. The number of benzene rings is 1. The van der Waals surface area contributed by atoms with E-state index in [4.69, 9.17) is 4.74 Å². The van der Waals surface area contributed by atoms with Crippen LogP contribution in [0.2, 0.25) is 0 Å². The van der Waals surface area contributed by atoms with Gasteiger partial charge in [-0.05, 0) is 23.8 Å². The maximum absolute atomic E-state index is 13.4. The Hall–Kier alpha value is -1.75. The highest BCUT2D eigenvalue weighted by Crippen LogP contribution is 2.23. The van der Waals surface area contributed by atoms with Crippen LogP contribution in [0.5, 0.6) is 5.75 Å². The second-order valence-electron chi connectivity index (χ2n) is 3.69. The van der Waals surface area contributed by atoms with Crippen LogP contribution in [0.15, 0.2) is 29.6 Å². The zero-order valence-corrected chi connectivity index (χ0v) is 10.4. The number of methoxy groups -OCH3 is 1. The fourth-order valence-corrected chi connectivity index (χ4v) is 2.31. The SMILES string of the molecule is COc1csc(C(=O)Cc2cc(F)ccc2F)c1. The minimum Gasteiger partial charge on any atom is -0.496 e. The van der Waals surface area contributed by atoms with Gasteiger partial charge < -0.3 is 4.74 Å². The molecule has 0 radical (unpaired) electrons. The molecular weight excluding hydrogens is 258 g/mol. The summed E-state index contributed by atoms with van der Waals surface area (Å²) >= 11 is 1.22. The summed E-state index contributed by atoms with van der Waals surface area (Å²) < 4.78 is 31.3. The molecule has 0 saturated heterocycles. The first-order valence-corrected chi connectivity index (χ1v) is 6.08. The van der Waals surface area contributed by atoms with E-state index in [1.807, 2.05) is 0 Å². The molecule has 18 heavy (non-hydrogen) atoms. The average Bonchev–Trinajstić information content (AvgIpc) is 2.82. The van der Waals surface area contributed by atoms with Crippen molar-refractivity contribution in [2.75, 3.05) is 7.11 Å². The van der Waals surface area contributed by atoms with Crippen LogP contribution in [0.4, 0.5) is 8.78 Å². The summed E-state index contributed by atoms with van der Waals surface area (Å²) in [5.74, 6) is -0.799. The summed E-state index contributed by atoms with van der Waals surface area (Å²) in [4.78, 5) is 12.3. The summed E-state index contributed by atoms with van der Waals surface area (Å²) in [5, 5.41) is 1.69. The highest BCUT2D eigenvalue weighted by molar-refractivity contribution is 7.12. The Morgan fingerprint density at radius 2 is 2.11 bits per heavy atom. The summed E-state index contributed by atoms with van der Waals surface area (Å²) in [7, 11) is 1.50. The van der Waals surface area contributed by atoms with Crippen LogP contribution in [-0.4, -0.2) is 12.9 Å². The van der Waals surface area contributed by atoms with E-state index < -0.39 is 11.6 Å². The summed E-state index contributed by atoms with van der Waals surface area (Å²) in [5.41, 5.74) is 0.0624. The second-order valence-corrected chi connectivity index (χ2v) is 4.60. The van der Waals surface area contributed by atoms with Crippen molar-refractivity contribution in [3.8, 4) is 5.75 Å². The Balaban J connectivity index is 2.18. The minimum absolute atomic E-state index is 0.0624. The number of Topliss-reactive ketones (excluding diaryl/α,β-unsaturated/α-hetero) is 1. The molecule has 94 valence electrons. The van der Waals surface area contributed by atoms with Gasteiger partial charge in [0.25, 0.3) is 0 Å². The predicted molar refractivity (Wildman–Crippen MR) is 65.3 cm³/mol. The molecule has 0 fully saturated rings. The lowest BCUT2D eigenvalue weighted by Gasteiger charge is -2.01. The summed E-state index contributed by atoms with van der Waals surface area (Å²) in [6.45, 7) is 0. The van der Waals surface area contributed by atoms with Gasteiger partial charge in [-0.15, -0.1) is 11.3 Å². The number of halogens is 2. The highest BCUT2D eigenvalue weighted by atomic mass is 32.1. The molecule has 2 aromatic rings. The van der Waals surface area contributed by atoms with E-state index in [1.165, 1.54) is 18.4 Å². The van der Waals surface area contributed by atoms with Gasteiger partial charge in [0.1, 0.15) is 17.4 Å². The van der Waals surface area contributed by atoms with Crippen LogP contribution >= 0.6 is 11.3 Å². The minimum atomic E-state index is -0.576. The number of thiophene rings is 1. The first kappa shape index (κ1) is 12.7. The quantitative estimate of drug-likeness (QED) is 0.794.